The van der Waals surface area contributed by atoms with E-state index < -0.39 is 17.7 Å². The zero-order valence-corrected chi connectivity index (χ0v) is 18.6. The summed E-state index contributed by atoms with van der Waals surface area (Å²) in [6.45, 7) is 3.54. The van der Waals surface area contributed by atoms with Gasteiger partial charge in [-0.3, -0.25) is 14.4 Å². The fourth-order valence-corrected chi connectivity index (χ4v) is 5.12. The number of aromatic nitrogens is 1. The van der Waals surface area contributed by atoms with E-state index >= 15 is 0 Å². The molecule has 1 fully saturated rings. The number of ether oxygens (including phenoxy) is 1. The molecule has 1 atom stereocenters. The highest BCUT2D eigenvalue weighted by molar-refractivity contribution is 8.00. The summed E-state index contributed by atoms with van der Waals surface area (Å²) in [7, 11) is 1.27. The molecule has 0 bridgehead atoms. The fourth-order valence-electron chi connectivity index (χ4n) is 3.35. The van der Waals surface area contributed by atoms with E-state index in [1.54, 1.807) is 6.07 Å². The first-order chi connectivity index (χ1) is 14.4. The number of benzene rings is 1. The van der Waals surface area contributed by atoms with Gasteiger partial charge >= 0.3 is 5.97 Å². The Hall–Kier alpha value is -2.20. The van der Waals surface area contributed by atoms with Crippen LogP contribution in [-0.2, 0) is 25.7 Å². The largest absolute Gasteiger partial charge is 0.468 e. The Bertz CT molecular complexity index is 1020. The molecule has 7 nitrogen and oxygen atoms in total. The molecule has 10 heteroatoms. The molecule has 1 aromatic heterocycles. The lowest BCUT2D eigenvalue weighted by molar-refractivity contribution is -0.141. The lowest BCUT2D eigenvalue weighted by atomic mass is 10.0. The Morgan fingerprint density at radius 2 is 2.13 bits per heavy atom. The van der Waals surface area contributed by atoms with Gasteiger partial charge in [-0.2, -0.15) is 4.99 Å². The summed E-state index contributed by atoms with van der Waals surface area (Å²) < 4.78 is 20.4. The third-order valence-corrected chi connectivity index (χ3v) is 6.78. The van der Waals surface area contributed by atoms with E-state index in [1.165, 1.54) is 35.6 Å². The third-order valence-electron chi connectivity index (χ3n) is 4.84. The van der Waals surface area contributed by atoms with Crippen molar-refractivity contribution < 1.29 is 23.5 Å². The predicted molar refractivity (Wildman–Crippen MR) is 115 cm³/mol. The average Bonchev–Trinajstić information content (AvgIpc) is 3.03. The molecule has 0 spiro atoms. The number of nitrogens with zero attached hydrogens (tertiary/aromatic N) is 3. The zero-order valence-electron chi connectivity index (χ0n) is 16.9. The van der Waals surface area contributed by atoms with Crippen LogP contribution in [0.2, 0.25) is 0 Å². The number of thiazole rings is 1. The van der Waals surface area contributed by atoms with Crippen molar-refractivity contribution in [2.75, 3.05) is 31.7 Å². The van der Waals surface area contributed by atoms with E-state index in [2.05, 4.69) is 11.9 Å². The highest BCUT2D eigenvalue weighted by Crippen LogP contribution is 2.19. The van der Waals surface area contributed by atoms with Gasteiger partial charge in [0.05, 0.1) is 28.8 Å². The first-order valence-corrected chi connectivity index (χ1v) is 11.6. The number of piperidine rings is 1. The number of methoxy groups -OCH3 is 1. The summed E-state index contributed by atoms with van der Waals surface area (Å²) in [6, 6.07) is 4.17. The number of likely N-dealkylation sites (tertiary alicyclic amines) is 1. The molecular formula is C20H24FN3O4S2. The van der Waals surface area contributed by atoms with Gasteiger partial charge in [-0.15, -0.1) is 11.8 Å². The Labute approximate surface area is 181 Å². The molecule has 1 saturated heterocycles. The molecule has 1 aliphatic rings. The number of carbonyl (C=O) groups is 3. The number of fused-ring (bicyclic) bond motifs is 1. The minimum Gasteiger partial charge on any atom is -0.468 e. The minimum absolute atomic E-state index is 0.0393. The standard InChI is InChI=1S/C20H24FN3O4S2/c1-13-4-3-7-23(9-13)18(26)12-29-11-17(25)22-20-24(10-19(27)28-2)15-6-5-14(21)8-16(15)30-20/h5-6,8,13H,3-4,7,9-12H2,1-2H3. The highest BCUT2D eigenvalue weighted by atomic mass is 32.2. The van der Waals surface area contributed by atoms with Gasteiger partial charge in [-0.25, -0.2) is 4.39 Å². The Morgan fingerprint density at radius 1 is 1.33 bits per heavy atom. The van der Waals surface area contributed by atoms with E-state index in [9.17, 15) is 18.8 Å². The maximum Gasteiger partial charge on any atom is 0.325 e. The van der Waals surface area contributed by atoms with Gasteiger partial charge in [0, 0.05) is 13.1 Å². The second-order valence-corrected chi connectivity index (χ2v) is 9.24. The summed E-state index contributed by atoms with van der Waals surface area (Å²) in [5.41, 5.74) is 0.598. The normalized spacial score (nSPS) is 17.4. The number of rotatable bonds is 6. The van der Waals surface area contributed by atoms with Crippen LogP contribution in [0, 0.1) is 11.7 Å². The van der Waals surface area contributed by atoms with Crippen LogP contribution in [0.25, 0.3) is 10.2 Å². The molecule has 2 heterocycles. The molecule has 162 valence electrons. The van der Waals surface area contributed by atoms with Crippen LogP contribution in [0.5, 0.6) is 0 Å². The monoisotopic (exact) mass is 453 g/mol. The maximum absolute atomic E-state index is 13.6. The molecule has 2 aromatic rings. The number of hydrogen-bond acceptors (Lipinski definition) is 6. The Morgan fingerprint density at radius 3 is 2.87 bits per heavy atom. The Kier molecular flexibility index (Phi) is 7.65. The number of thioether (sulfide) groups is 1. The van der Waals surface area contributed by atoms with E-state index in [0.717, 1.165) is 37.3 Å². The molecule has 0 saturated carbocycles. The van der Waals surface area contributed by atoms with Crippen molar-refractivity contribution in [3.8, 4) is 0 Å². The summed E-state index contributed by atoms with van der Waals surface area (Å²) in [6.07, 6.45) is 2.15. The van der Waals surface area contributed by atoms with Crippen LogP contribution in [0.15, 0.2) is 23.2 Å². The van der Waals surface area contributed by atoms with Crippen molar-refractivity contribution in [1.82, 2.24) is 9.47 Å². The van der Waals surface area contributed by atoms with Gasteiger partial charge in [0.1, 0.15) is 12.4 Å². The van der Waals surface area contributed by atoms with Crippen molar-refractivity contribution >= 4 is 51.1 Å². The van der Waals surface area contributed by atoms with E-state index in [-0.39, 0.29) is 24.0 Å². The van der Waals surface area contributed by atoms with Crippen molar-refractivity contribution in [2.24, 2.45) is 10.9 Å². The number of amides is 2. The molecule has 0 radical (unpaired) electrons. The van der Waals surface area contributed by atoms with Crippen molar-refractivity contribution in [3.63, 3.8) is 0 Å². The van der Waals surface area contributed by atoms with Crippen molar-refractivity contribution in [2.45, 2.75) is 26.3 Å². The summed E-state index contributed by atoms with van der Waals surface area (Å²) in [5.74, 6) is -0.490. The van der Waals surface area contributed by atoms with Crippen LogP contribution in [0.4, 0.5) is 4.39 Å². The molecule has 1 unspecified atom stereocenters. The lowest BCUT2D eigenvalue weighted by Gasteiger charge is -2.30. The number of carbonyl (C=O) groups excluding carboxylic acids is 3. The molecule has 30 heavy (non-hydrogen) atoms. The first-order valence-electron chi connectivity index (χ1n) is 9.66. The van der Waals surface area contributed by atoms with Gasteiger partial charge in [-0.1, -0.05) is 18.3 Å². The molecule has 0 aliphatic carbocycles. The van der Waals surface area contributed by atoms with E-state index in [1.807, 2.05) is 4.90 Å². The topological polar surface area (TPSA) is 81.0 Å². The first kappa shape index (κ1) is 22.5. The summed E-state index contributed by atoms with van der Waals surface area (Å²) in [4.78, 5) is 42.7. The summed E-state index contributed by atoms with van der Waals surface area (Å²) >= 11 is 2.35. The lowest BCUT2D eigenvalue weighted by Crippen LogP contribution is -2.40. The van der Waals surface area contributed by atoms with E-state index in [0.29, 0.717) is 20.9 Å². The Balaban J connectivity index is 1.69. The van der Waals surface area contributed by atoms with Gasteiger partial charge in [0.2, 0.25) is 5.91 Å². The van der Waals surface area contributed by atoms with Gasteiger partial charge < -0.3 is 14.2 Å². The van der Waals surface area contributed by atoms with Crippen molar-refractivity contribution in [3.05, 3.63) is 28.8 Å². The molecular weight excluding hydrogens is 429 g/mol. The third kappa shape index (κ3) is 5.69. The van der Waals surface area contributed by atoms with Gasteiger partial charge in [0.25, 0.3) is 5.91 Å². The highest BCUT2D eigenvalue weighted by Gasteiger charge is 2.21. The van der Waals surface area contributed by atoms with Crippen LogP contribution in [0.3, 0.4) is 0 Å². The van der Waals surface area contributed by atoms with Gasteiger partial charge in [0.15, 0.2) is 4.80 Å². The molecule has 0 N–H and O–H groups in total. The SMILES string of the molecule is COC(=O)Cn1c(=NC(=O)CSCC(=O)N2CCCC(C)C2)sc2cc(F)ccc21. The predicted octanol–water partition coefficient (Wildman–Crippen LogP) is 2.43. The van der Waals surface area contributed by atoms with Crippen LogP contribution >= 0.6 is 23.1 Å². The fraction of sp³-hybridized carbons (Fsp3) is 0.500. The van der Waals surface area contributed by atoms with E-state index in [4.69, 9.17) is 4.74 Å². The number of esters is 1. The second-order valence-electron chi connectivity index (χ2n) is 7.24. The molecule has 1 aromatic carbocycles. The number of halogens is 1. The van der Waals surface area contributed by atoms with Gasteiger partial charge in [-0.05, 0) is 37.0 Å². The average molecular weight is 454 g/mol. The van der Waals surface area contributed by atoms with Crippen LogP contribution in [-0.4, -0.2) is 59.0 Å². The summed E-state index contributed by atoms with van der Waals surface area (Å²) in [5, 5.41) is 0. The number of hydrogen-bond donors (Lipinski definition) is 0. The molecule has 2 amide bonds. The second kappa shape index (κ2) is 10.2. The molecule has 3 rings (SSSR count). The minimum atomic E-state index is -0.497. The van der Waals surface area contributed by atoms with Crippen LogP contribution in [0.1, 0.15) is 19.8 Å². The quantitative estimate of drug-likeness (QED) is 0.628. The van der Waals surface area contributed by atoms with Crippen molar-refractivity contribution in [1.29, 1.82) is 0 Å². The zero-order chi connectivity index (χ0) is 21.7. The molecule has 1 aliphatic heterocycles. The van der Waals surface area contributed by atoms with Crippen LogP contribution < -0.4 is 4.80 Å². The maximum atomic E-state index is 13.6. The smallest absolute Gasteiger partial charge is 0.325 e.